The van der Waals surface area contributed by atoms with Crippen LogP contribution in [0.3, 0.4) is 0 Å². The van der Waals surface area contributed by atoms with Crippen molar-refractivity contribution in [3.05, 3.63) is 92.6 Å². The van der Waals surface area contributed by atoms with E-state index in [-0.39, 0.29) is 16.6 Å². The number of aliphatic hydroxyl groups is 1. The topological polar surface area (TPSA) is 103 Å². The molecule has 0 aromatic carbocycles. The molecule has 0 fully saturated rings. The molecule has 1 unspecified atom stereocenters. The molecule has 1 N–H and O–H groups in total. The van der Waals surface area contributed by atoms with Crippen molar-refractivity contribution in [2.45, 2.75) is 39.9 Å². The van der Waals surface area contributed by atoms with E-state index >= 15 is 0 Å². The lowest BCUT2D eigenvalue weighted by atomic mass is 10.1. The Labute approximate surface area is 211 Å². The number of nitrogens with zero attached hydrogens (tertiary/aromatic N) is 5. The maximum absolute atomic E-state index is 14.0. The molecule has 1 atom stereocenters. The van der Waals surface area contributed by atoms with Gasteiger partial charge in [0.15, 0.2) is 11.6 Å². The van der Waals surface area contributed by atoms with Crippen LogP contribution in [-0.2, 0) is 12.2 Å². The number of aryl methyl sites for hydroxylation is 2. The van der Waals surface area contributed by atoms with E-state index in [4.69, 9.17) is 17.7 Å². The van der Waals surface area contributed by atoms with Crippen molar-refractivity contribution >= 4 is 11.6 Å². The molecule has 0 radical (unpaired) electrons. The number of pyridine rings is 3. The first-order chi connectivity index (χ1) is 17.4. The summed E-state index contributed by atoms with van der Waals surface area (Å²) in [5, 5.41) is 9.92. The summed E-state index contributed by atoms with van der Waals surface area (Å²) in [5.41, 5.74) is 0.0494. The molecule has 186 valence electrons. The van der Waals surface area contributed by atoms with E-state index in [0.717, 1.165) is 6.20 Å². The molecular formula is C25H22ClF2N5O3. The Morgan fingerprint density at radius 3 is 2.58 bits per heavy atom. The molecule has 0 aliphatic heterocycles. The fraction of sp³-hybridized carbons (Fsp3) is 0.240. The second-order valence-corrected chi connectivity index (χ2v) is 8.92. The van der Waals surface area contributed by atoms with Crippen LogP contribution in [0.4, 0.5) is 8.78 Å². The van der Waals surface area contributed by atoms with E-state index in [0.29, 0.717) is 34.4 Å². The van der Waals surface area contributed by atoms with Crippen LogP contribution in [0.1, 0.15) is 38.0 Å². The minimum absolute atomic E-state index is 0.150. The highest BCUT2D eigenvalue weighted by molar-refractivity contribution is 6.31. The first-order valence-corrected chi connectivity index (χ1v) is 11.1. The van der Waals surface area contributed by atoms with E-state index in [9.17, 15) is 18.7 Å². The highest BCUT2D eigenvalue weighted by Crippen LogP contribution is 2.27. The molecule has 0 amide bonds. The minimum atomic E-state index is -1.69. The van der Waals surface area contributed by atoms with E-state index in [1.165, 1.54) is 16.8 Å². The largest absolute Gasteiger partial charge is 0.485 e. The minimum Gasteiger partial charge on any atom is -0.485 e. The zero-order valence-electron chi connectivity index (χ0n) is 20.8. The van der Waals surface area contributed by atoms with Crippen molar-refractivity contribution in [1.29, 1.82) is 0 Å². The number of aromatic nitrogens is 5. The SMILES string of the molecule is [2H]C(Oc1cc(C)n(-c2cc(-c3ccnc(C(C)(C)O)n3)ncc2C)c(=O)c1Cl)c1ncc(F)cc1F. The van der Waals surface area contributed by atoms with Gasteiger partial charge in [-0.1, -0.05) is 11.6 Å². The van der Waals surface area contributed by atoms with Gasteiger partial charge in [-0.25, -0.2) is 18.7 Å². The molecule has 4 aromatic rings. The fourth-order valence-corrected chi connectivity index (χ4v) is 3.57. The summed E-state index contributed by atoms with van der Waals surface area (Å²) < 4.78 is 42.0. The van der Waals surface area contributed by atoms with Gasteiger partial charge in [-0.05, 0) is 45.4 Å². The Morgan fingerprint density at radius 1 is 1.14 bits per heavy atom. The standard InChI is InChI=1S/C25H22ClF2N5O3/c1-13-10-30-18(17-5-6-29-24(32-17)25(3,4)35)9-20(13)33-14(2)7-21(22(26)23(33)34)36-12-19-16(28)8-15(27)11-31-19/h5-11,35H,12H2,1-4H3/i12D. The Bertz CT molecular complexity index is 1560. The normalized spacial score (nSPS) is 12.8. The molecule has 0 saturated carbocycles. The molecule has 4 rings (SSSR count). The third-order valence-electron chi connectivity index (χ3n) is 5.21. The summed E-state index contributed by atoms with van der Waals surface area (Å²) in [6, 6.07) is 5.31. The van der Waals surface area contributed by atoms with Gasteiger partial charge in [0.1, 0.15) is 34.5 Å². The molecule has 4 heterocycles. The van der Waals surface area contributed by atoms with Crippen LogP contribution in [0.5, 0.6) is 5.75 Å². The molecule has 36 heavy (non-hydrogen) atoms. The monoisotopic (exact) mass is 514 g/mol. The van der Waals surface area contributed by atoms with Gasteiger partial charge in [0.2, 0.25) is 0 Å². The van der Waals surface area contributed by atoms with Gasteiger partial charge in [-0.15, -0.1) is 0 Å². The van der Waals surface area contributed by atoms with Crippen LogP contribution in [-0.4, -0.2) is 29.6 Å². The van der Waals surface area contributed by atoms with Gasteiger partial charge in [0.05, 0.1) is 24.6 Å². The summed E-state index contributed by atoms with van der Waals surface area (Å²) >= 11 is 6.32. The molecule has 4 aromatic heterocycles. The number of halogens is 3. The number of ether oxygens (including phenoxy) is 1. The Kier molecular flexibility index (Phi) is 6.46. The predicted octanol–water partition coefficient (Wildman–Crippen LogP) is 4.44. The number of rotatable bonds is 6. The average Bonchev–Trinajstić information content (AvgIpc) is 2.83. The number of hydrogen-bond acceptors (Lipinski definition) is 7. The first kappa shape index (κ1) is 24.0. The molecule has 11 heteroatoms. The zero-order chi connectivity index (χ0) is 27.1. The zero-order valence-corrected chi connectivity index (χ0v) is 20.5. The second-order valence-electron chi connectivity index (χ2n) is 8.54. The van der Waals surface area contributed by atoms with Crippen molar-refractivity contribution in [2.24, 2.45) is 0 Å². The molecule has 8 nitrogen and oxygen atoms in total. The van der Waals surface area contributed by atoms with E-state index < -0.39 is 35.1 Å². The lowest BCUT2D eigenvalue weighted by Crippen LogP contribution is -2.23. The van der Waals surface area contributed by atoms with Gasteiger partial charge < -0.3 is 9.84 Å². The van der Waals surface area contributed by atoms with E-state index in [1.54, 1.807) is 46.0 Å². The highest BCUT2D eigenvalue weighted by atomic mass is 35.5. The van der Waals surface area contributed by atoms with Crippen LogP contribution < -0.4 is 10.3 Å². The molecule has 0 aliphatic rings. The van der Waals surface area contributed by atoms with Crippen LogP contribution in [0.2, 0.25) is 5.02 Å². The highest BCUT2D eigenvalue weighted by Gasteiger charge is 2.21. The summed E-state index contributed by atoms with van der Waals surface area (Å²) in [6.07, 6.45) is 3.84. The van der Waals surface area contributed by atoms with Crippen molar-refractivity contribution in [3.63, 3.8) is 0 Å². The molecular weight excluding hydrogens is 492 g/mol. The maximum atomic E-state index is 14.0. The molecule has 0 aliphatic carbocycles. The summed E-state index contributed by atoms with van der Waals surface area (Å²) in [5.74, 6) is -1.89. The fourth-order valence-electron chi connectivity index (χ4n) is 3.39. The maximum Gasteiger partial charge on any atom is 0.277 e. The number of hydrogen-bond donors (Lipinski definition) is 1. The van der Waals surface area contributed by atoms with E-state index in [1.807, 2.05) is 0 Å². The summed E-state index contributed by atoms with van der Waals surface area (Å²) in [7, 11) is 0. The van der Waals surface area contributed by atoms with E-state index in [2.05, 4.69) is 19.9 Å². The van der Waals surface area contributed by atoms with Crippen molar-refractivity contribution in [2.75, 3.05) is 0 Å². The lowest BCUT2D eigenvalue weighted by Gasteiger charge is -2.17. The molecule has 0 spiro atoms. The van der Waals surface area contributed by atoms with Gasteiger partial charge >= 0.3 is 0 Å². The van der Waals surface area contributed by atoms with Crippen molar-refractivity contribution in [3.8, 4) is 22.8 Å². The van der Waals surface area contributed by atoms with Gasteiger partial charge in [-0.3, -0.25) is 19.3 Å². The second kappa shape index (κ2) is 9.71. The molecule has 0 saturated heterocycles. The summed E-state index contributed by atoms with van der Waals surface area (Å²) in [4.78, 5) is 29.8. The Morgan fingerprint density at radius 2 is 1.89 bits per heavy atom. The average molecular weight is 515 g/mol. The lowest BCUT2D eigenvalue weighted by molar-refractivity contribution is 0.0688. The van der Waals surface area contributed by atoms with Crippen LogP contribution in [0.25, 0.3) is 17.1 Å². The third-order valence-corrected chi connectivity index (χ3v) is 5.56. The van der Waals surface area contributed by atoms with Crippen LogP contribution >= 0.6 is 11.6 Å². The van der Waals surface area contributed by atoms with Crippen molar-refractivity contribution < 1.29 is 20.0 Å². The predicted molar refractivity (Wildman–Crippen MR) is 129 cm³/mol. The Balaban J connectivity index is 1.75. The van der Waals surface area contributed by atoms with Crippen LogP contribution in [0.15, 0.2) is 47.7 Å². The van der Waals surface area contributed by atoms with Crippen molar-refractivity contribution in [1.82, 2.24) is 24.5 Å². The quantitative estimate of drug-likeness (QED) is 0.405. The smallest absolute Gasteiger partial charge is 0.277 e. The Hall–Kier alpha value is -3.76. The van der Waals surface area contributed by atoms with Gasteiger partial charge in [0, 0.05) is 30.2 Å². The molecule has 0 bridgehead atoms. The third kappa shape index (κ3) is 5.09. The van der Waals surface area contributed by atoms with Gasteiger partial charge in [-0.2, -0.15) is 0 Å². The van der Waals surface area contributed by atoms with Crippen LogP contribution in [0, 0.1) is 25.5 Å². The summed E-state index contributed by atoms with van der Waals surface area (Å²) in [6.45, 7) is 4.84. The van der Waals surface area contributed by atoms with Gasteiger partial charge in [0.25, 0.3) is 5.56 Å². The first-order valence-electron chi connectivity index (χ1n) is 11.3.